The van der Waals surface area contributed by atoms with Crippen molar-refractivity contribution in [1.29, 1.82) is 0 Å². The third kappa shape index (κ3) is 6.40. The number of nitrogens with one attached hydrogen (secondary N) is 1. The maximum atomic E-state index is 9.16. The van der Waals surface area contributed by atoms with Gasteiger partial charge in [0.15, 0.2) is 0 Å². The van der Waals surface area contributed by atoms with E-state index in [1.807, 2.05) is 25.2 Å². The zero-order valence-electron chi connectivity index (χ0n) is 10.1. The molecule has 0 amide bonds. The highest BCUT2D eigenvalue weighted by Gasteiger charge is 2.02. The fourth-order valence-electron chi connectivity index (χ4n) is 1.15. The zero-order chi connectivity index (χ0) is 12.6. The monoisotopic (exact) mass is 225 g/mol. The van der Waals surface area contributed by atoms with Gasteiger partial charge in [0.05, 0.1) is 0 Å². The van der Waals surface area contributed by atoms with Gasteiger partial charge in [0.2, 0.25) is 0 Å². The molecular formula is C12H23N3O. The van der Waals surface area contributed by atoms with Gasteiger partial charge in [-0.2, -0.15) is 0 Å². The lowest BCUT2D eigenvalue weighted by atomic mass is 10.1. The van der Waals surface area contributed by atoms with Gasteiger partial charge in [-0.15, -0.1) is 0 Å². The Bertz CT molecular complexity index is 269. The van der Waals surface area contributed by atoms with E-state index in [1.54, 1.807) is 6.92 Å². The van der Waals surface area contributed by atoms with E-state index in [-0.39, 0.29) is 6.04 Å². The summed E-state index contributed by atoms with van der Waals surface area (Å²) in [5, 5.41) is 12.0. The highest BCUT2D eigenvalue weighted by atomic mass is 16.3. The van der Waals surface area contributed by atoms with Gasteiger partial charge in [-0.3, -0.25) is 0 Å². The standard InChI is InChI=1S/C12H23N3O/c1-4-11(15-10(3)16)6-5-9(2)12(14)7-8-13/h4-6,10,12,15-16H,2,7-8,13-14H2,1,3H3/b6-5-,11-4+. The molecule has 0 fully saturated rings. The smallest absolute Gasteiger partial charge is 0.121 e. The minimum Gasteiger partial charge on any atom is -0.374 e. The second-order valence-electron chi connectivity index (χ2n) is 3.66. The molecule has 0 bridgehead atoms. The molecular weight excluding hydrogens is 202 g/mol. The average Bonchev–Trinajstić information content (AvgIpc) is 2.23. The number of rotatable bonds is 7. The summed E-state index contributed by atoms with van der Waals surface area (Å²) in [5.41, 5.74) is 12.9. The molecule has 0 aromatic heterocycles. The Morgan fingerprint density at radius 3 is 2.56 bits per heavy atom. The third-order valence-electron chi connectivity index (χ3n) is 2.12. The van der Waals surface area contributed by atoms with Crippen molar-refractivity contribution in [3.05, 3.63) is 36.1 Å². The Kier molecular flexibility index (Phi) is 7.54. The maximum Gasteiger partial charge on any atom is 0.121 e. The fraction of sp³-hybridized carbons (Fsp3) is 0.500. The highest BCUT2D eigenvalue weighted by Crippen LogP contribution is 2.04. The van der Waals surface area contributed by atoms with Crippen LogP contribution in [0.1, 0.15) is 20.3 Å². The van der Waals surface area contributed by atoms with Crippen molar-refractivity contribution in [3.8, 4) is 0 Å². The molecule has 0 aromatic rings. The molecule has 0 rings (SSSR count). The molecule has 0 aliphatic rings. The molecule has 0 heterocycles. The number of aliphatic hydroxyl groups excluding tert-OH is 1. The van der Waals surface area contributed by atoms with Crippen molar-refractivity contribution >= 4 is 0 Å². The zero-order valence-corrected chi connectivity index (χ0v) is 10.1. The van der Waals surface area contributed by atoms with Crippen molar-refractivity contribution in [3.63, 3.8) is 0 Å². The van der Waals surface area contributed by atoms with Crippen LogP contribution < -0.4 is 16.8 Å². The predicted molar refractivity (Wildman–Crippen MR) is 68.5 cm³/mol. The Labute approximate surface area is 97.7 Å². The molecule has 0 aliphatic carbocycles. The Morgan fingerprint density at radius 1 is 1.50 bits per heavy atom. The summed E-state index contributed by atoms with van der Waals surface area (Å²) in [6, 6.07) is -0.106. The van der Waals surface area contributed by atoms with E-state index in [4.69, 9.17) is 16.6 Å². The molecule has 0 aliphatic heterocycles. The van der Waals surface area contributed by atoms with E-state index in [1.165, 1.54) is 0 Å². The quantitative estimate of drug-likeness (QED) is 0.378. The molecule has 0 spiro atoms. The molecule has 0 saturated heterocycles. The number of hydrogen-bond acceptors (Lipinski definition) is 4. The maximum absolute atomic E-state index is 9.16. The van der Waals surface area contributed by atoms with E-state index >= 15 is 0 Å². The summed E-state index contributed by atoms with van der Waals surface area (Å²) in [4.78, 5) is 0. The summed E-state index contributed by atoms with van der Waals surface area (Å²) in [6.07, 6.45) is 5.68. The highest BCUT2D eigenvalue weighted by molar-refractivity contribution is 5.28. The molecule has 4 nitrogen and oxygen atoms in total. The van der Waals surface area contributed by atoms with E-state index in [0.29, 0.717) is 6.54 Å². The first kappa shape index (κ1) is 14.9. The number of hydrogen-bond donors (Lipinski definition) is 4. The molecule has 2 atom stereocenters. The predicted octanol–water partition coefficient (Wildman–Crippen LogP) is 0.607. The molecule has 6 N–H and O–H groups in total. The van der Waals surface area contributed by atoms with Gasteiger partial charge >= 0.3 is 0 Å². The van der Waals surface area contributed by atoms with Gasteiger partial charge in [-0.25, -0.2) is 0 Å². The minimum absolute atomic E-state index is 0.106. The minimum atomic E-state index is -0.582. The van der Waals surface area contributed by atoms with Crippen LogP contribution in [0.3, 0.4) is 0 Å². The molecule has 4 heteroatoms. The lowest BCUT2D eigenvalue weighted by molar-refractivity contribution is 0.170. The van der Waals surface area contributed by atoms with Crippen LogP contribution in [0.25, 0.3) is 0 Å². The number of aliphatic hydroxyl groups is 1. The summed E-state index contributed by atoms with van der Waals surface area (Å²) in [5.74, 6) is 0. The fourth-order valence-corrected chi connectivity index (χ4v) is 1.15. The summed E-state index contributed by atoms with van der Waals surface area (Å²) >= 11 is 0. The SMILES string of the molecule is C=C(/C=C\C(=C/C)NC(C)O)C(N)CCN. The second kappa shape index (κ2) is 8.10. The molecule has 16 heavy (non-hydrogen) atoms. The lowest BCUT2D eigenvalue weighted by Crippen LogP contribution is -2.25. The number of nitrogens with two attached hydrogens (primary N) is 2. The topological polar surface area (TPSA) is 84.3 Å². The summed E-state index contributed by atoms with van der Waals surface area (Å²) < 4.78 is 0. The van der Waals surface area contributed by atoms with Crippen LogP contribution in [-0.2, 0) is 0 Å². The van der Waals surface area contributed by atoms with Crippen LogP contribution in [0, 0.1) is 0 Å². The first-order chi connectivity index (χ1) is 7.51. The Hall–Kier alpha value is -1.10. The van der Waals surface area contributed by atoms with Crippen LogP contribution in [-0.4, -0.2) is 23.9 Å². The van der Waals surface area contributed by atoms with Crippen LogP contribution in [0.4, 0.5) is 0 Å². The molecule has 92 valence electrons. The van der Waals surface area contributed by atoms with Crippen molar-refractivity contribution in [2.24, 2.45) is 11.5 Å². The summed E-state index contributed by atoms with van der Waals surface area (Å²) in [6.45, 7) is 7.97. The molecule has 0 saturated carbocycles. The molecule has 0 radical (unpaired) electrons. The van der Waals surface area contributed by atoms with Crippen molar-refractivity contribution in [1.82, 2.24) is 5.32 Å². The largest absolute Gasteiger partial charge is 0.374 e. The van der Waals surface area contributed by atoms with Gasteiger partial charge < -0.3 is 21.9 Å². The Morgan fingerprint density at radius 2 is 2.12 bits per heavy atom. The molecule has 0 aromatic carbocycles. The van der Waals surface area contributed by atoms with Crippen molar-refractivity contribution in [2.45, 2.75) is 32.5 Å². The van der Waals surface area contributed by atoms with E-state index < -0.39 is 6.23 Å². The van der Waals surface area contributed by atoms with Gasteiger partial charge in [0.25, 0.3) is 0 Å². The first-order valence-electron chi connectivity index (χ1n) is 5.44. The average molecular weight is 225 g/mol. The van der Waals surface area contributed by atoms with E-state index in [9.17, 15) is 0 Å². The van der Waals surface area contributed by atoms with Gasteiger partial charge in [-0.1, -0.05) is 18.7 Å². The van der Waals surface area contributed by atoms with E-state index in [0.717, 1.165) is 17.7 Å². The number of allylic oxidation sites excluding steroid dienone is 2. The first-order valence-corrected chi connectivity index (χ1v) is 5.44. The third-order valence-corrected chi connectivity index (χ3v) is 2.12. The van der Waals surface area contributed by atoms with Crippen LogP contribution in [0.5, 0.6) is 0 Å². The van der Waals surface area contributed by atoms with E-state index in [2.05, 4.69) is 11.9 Å². The van der Waals surface area contributed by atoms with Crippen LogP contribution in [0.2, 0.25) is 0 Å². The van der Waals surface area contributed by atoms with Crippen LogP contribution in [0.15, 0.2) is 36.1 Å². The van der Waals surface area contributed by atoms with Gasteiger partial charge in [0, 0.05) is 11.7 Å². The normalized spacial score (nSPS) is 16.2. The van der Waals surface area contributed by atoms with Gasteiger partial charge in [0.1, 0.15) is 6.23 Å². The second-order valence-corrected chi connectivity index (χ2v) is 3.66. The van der Waals surface area contributed by atoms with Crippen molar-refractivity contribution in [2.75, 3.05) is 6.54 Å². The Balaban J connectivity index is 4.29. The van der Waals surface area contributed by atoms with Crippen LogP contribution >= 0.6 is 0 Å². The summed E-state index contributed by atoms with van der Waals surface area (Å²) in [7, 11) is 0. The van der Waals surface area contributed by atoms with Crippen molar-refractivity contribution < 1.29 is 5.11 Å². The van der Waals surface area contributed by atoms with Gasteiger partial charge in [-0.05, 0) is 38.5 Å². The lowest BCUT2D eigenvalue weighted by Gasteiger charge is -2.12. The molecule has 2 unspecified atom stereocenters.